The van der Waals surface area contributed by atoms with E-state index in [1.54, 1.807) is 0 Å². The number of likely N-dealkylation sites (N-methyl/N-ethyl adjacent to an activating group) is 1. The fourth-order valence-electron chi connectivity index (χ4n) is 3.76. The molecular weight excluding hydrogens is 288 g/mol. The maximum Gasteiger partial charge on any atom is 0.191 e. The van der Waals surface area contributed by atoms with Gasteiger partial charge >= 0.3 is 0 Å². The molecule has 1 aliphatic heterocycles. The van der Waals surface area contributed by atoms with E-state index in [1.165, 1.54) is 25.7 Å². The maximum absolute atomic E-state index is 5.82. The number of rotatable bonds is 7. The van der Waals surface area contributed by atoms with E-state index >= 15 is 0 Å². The van der Waals surface area contributed by atoms with Crippen molar-refractivity contribution in [2.45, 2.75) is 52.6 Å². The first-order chi connectivity index (χ1) is 11.0. The third-order valence-electron chi connectivity index (χ3n) is 5.01. The zero-order valence-corrected chi connectivity index (χ0v) is 15.5. The lowest BCUT2D eigenvalue weighted by molar-refractivity contribution is -0.0161. The summed E-state index contributed by atoms with van der Waals surface area (Å²) >= 11 is 0. The molecular formula is C18H36N4O. The number of nitrogens with zero attached hydrogens (tertiary/aromatic N) is 2. The predicted octanol–water partition coefficient (Wildman–Crippen LogP) is 2.09. The summed E-state index contributed by atoms with van der Waals surface area (Å²) in [6.07, 6.45) is 5.60. The lowest BCUT2D eigenvalue weighted by Gasteiger charge is -2.42. The average Bonchev–Trinajstić information content (AvgIpc) is 2.46. The van der Waals surface area contributed by atoms with E-state index in [0.717, 1.165) is 51.2 Å². The minimum Gasteiger partial charge on any atom is -0.374 e. The summed E-state index contributed by atoms with van der Waals surface area (Å²) in [6, 6.07) is 0. The van der Waals surface area contributed by atoms with E-state index in [2.05, 4.69) is 43.4 Å². The lowest BCUT2D eigenvalue weighted by atomic mass is 9.64. The van der Waals surface area contributed by atoms with Gasteiger partial charge in [0.25, 0.3) is 0 Å². The van der Waals surface area contributed by atoms with Crippen LogP contribution < -0.4 is 10.6 Å². The van der Waals surface area contributed by atoms with E-state index in [9.17, 15) is 0 Å². The van der Waals surface area contributed by atoms with Gasteiger partial charge in [0.15, 0.2) is 5.96 Å². The smallest absolute Gasteiger partial charge is 0.191 e. The van der Waals surface area contributed by atoms with Crippen molar-refractivity contribution in [1.29, 1.82) is 0 Å². The number of hydrogen-bond acceptors (Lipinski definition) is 3. The van der Waals surface area contributed by atoms with E-state index in [4.69, 9.17) is 9.73 Å². The summed E-state index contributed by atoms with van der Waals surface area (Å²) in [7, 11) is 2.15. The Morgan fingerprint density at radius 1 is 1.35 bits per heavy atom. The first kappa shape index (κ1) is 18.5. The third kappa shape index (κ3) is 5.96. The van der Waals surface area contributed by atoms with Crippen molar-refractivity contribution >= 4 is 5.96 Å². The molecule has 0 radical (unpaired) electrons. The molecule has 23 heavy (non-hydrogen) atoms. The second-order valence-electron chi connectivity index (χ2n) is 7.78. The van der Waals surface area contributed by atoms with Crippen molar-refractivity contribution < 1.29 is 4.74 Å². The monoisotopic (exact) mass is 324 g/mol. The molecule has 5 heteroatoms. The summed E-state index contributed by atoms with van der Waals surface area (Å²) in [4.78, 5) is 7.21. The SMILES string of the molecule is CCNC(=NCC1(CC(C)C)CCC1)NCC1CN(C)CCO1. The molecule has 0 amide bonds. The molecule has 0 bridgehead atoms. The van der Waals surface area contributed by atoms with Crippen molar-refractivity contribution in [1.82, 2.24) is 15.5 Å². The van der Waals surface area contributed by atoms with Crippen LogP contribution in [0.1, 0.15) is 46.5 Å². The molecule has 0 aromatic rings. The molecule has 1 unspecified atom stereocenters. The van der Waals surface area contributed by atoms with Crippen molar-refractivity contribution in [3.05, 3.63) is 0 Å². The van der Waals surface area contributed by atoms with E-state index in [0.29, 0.717) is 5.41 Å². The van der Waals surface area contributed by atoms with Crippen LogP contribution in [-0.2, 0) is 4.74 Å². The summed E-state index contributed by atoms with van der Waals surface area (Å²) in [5.41, 5.74) is 0.456. The first-order valence-electron chi connectivity index (χ1n) is 9.35. The molecule has 0 aromatic carbocycles. The van der Waals surface area contributed by atoms with Crippen molar-refractivity contribution in [3.63, 3.8) is 0 Å². The van der Waals surface area contributed by atoms with Gasteiger partial charge in [-0.15, -0.1) is 0 Å². The largest absolute Gasteiger partial charge is 0.374 e. The number of ether oxygens (including phenoxy) is 1. The second kappa shape index (κ2) is 8.88. The molecule has 2 rings (SSSR count). The molecule has 1 atom stereocenters. The van der Waals surface area contributed by atoms with Crippen LogP contribution in [0.2, 0.25) is 0 Å². The van der Waals surface area contributed by atoms with Gasteiger partial charge in [0, 0.05) is 32.7 Å². The molecule has 1 heterocycles. The number of morpholine rings is 1. The van der Waals surface area contributed by atoms with E-state index in [1.807, 2.05) is 0 Å². The zero-order chi connectivity index (χ0) is 16.7. The van der Waals surface area contributed by atoms with E-state index in [-0.39, 0.29) is 6.10 Å². The first-order valence-corrected chi connectivity index (χ1v) is 9.35. The van der Waals surface area contributed by atoms with Gasteiger partial charge in [-0.3, -0.25) is 4.99 Å². The molecule has 5 nitrogen and oxygen atoms in total. The highest BCUT2D eigenvalue weighted by Gasteiger charge is 2.37. The molecule has 2 aliphatic rings. The van der Waals surface area contributed by atoms with Gasteiger partial charge in [0.2, 0.25) is 0 Å². The second-order valence-corrected chi connectivity index (χ2v) is 7.78. The Bertz CT molecular complexity index is 379. The van der Waals surface area contributed by atoms with Crippen LogP contribution in [0.3, 0.4) is 0 Å². The van der Waals surface area contributed by atoms with E-state index < -0.39 is 0 Å². The highest BCUT2D eigenvalue weighted by atomic mass is 16.5. The lowest BCUT2D eigenvalue weighted by Crippen LogP contribution is -2.48. The van der Waals surface area contributed by atoms with Gasteiger partial charge in [0.1, 0.15) is 0 Å². The minimum atomic E-state index is 0.255. The summed E-state index contributed by atoms with van der Waals surface area (Å²) in [6.45, 7) is 12.3. The highest BCUT2D eigenvalue weighted by Crippen LogP contribution is 2.46. The number of aliphatic imine (C=N–C) groups is 1. The van der Waals surface area contributed by atoms with Crippen LogP contribution >= 0.6 is 0 Å². The molecule has 0 aromatic heterocycles. The molecule has 2 fully saturated rings. The standard InChI is InChI=1S/C18H36N4O/c1-5-19-17(20-12-16-13-22(4)9-10-23-16)21-14-18(7-6-8-18)11-15(2)3/h15-16H,5-14H2,1-4H3,(H2,19,20,21). The quantitative estimate of drug-likeness (QED) is 0.556. The zero-order valence-electron chi connectivity index (χ0n) is 15.5. The Kier molecular flexibility index (Phi) is 7.15. The van der Waals surface area contributed by atoms with Gasteiger partial charge in [-0.1, -0.05) is 20.3 Å². The van der Waals surface area contributed by atoms with Gasteiger partial charge in [-0.25, -0.2) is 0 Å². The maximum atomic E-state index is 5.82. The molecule has 1 aliphatic carbocycles. The fourth-order valence-corrected chi connectivity index (χ4v) is 3.76. The van der Waals surface area contributed by atoms with Gasteiger partial charge < -0.3 is 20.3 Å². The Morgan fingerprint density at radius 3 is 2.70 bits per heavy atom. The van der Waals surface area contributed by atoms with Gasteiger partial charge in [-0.2, -0.15) is 0 Å². The van der Waals surface area contributed by atoms with Crippen LogP contribution in [0.15, 0.2) is 4.99 Å². The van der Waals surface area contributed by atoms with Crippen molar-refractivity contribution in [2.75, 3.05) is 46.4 Å². The third-order valence-corrected chi connectivity index (χ3v) is 5.01. The Labute approximate surface area is 142 Å². The molecule has 1 saturated carbocycles. The van der Waals surface area contributed by atoms with Crippen LogP contribution in [0.25, 0.3) is 0 Å². The Hall–Kier alpha value is -0.810. The number of hydrogen-bond donors (Lipinski definition) is 2. The number of guanidine groups is 1. The topological polar surface area (TPSA) is 48.9 Å². The van der Waals surface area contributed by atoms with Crippen LogP contribution in [0.4, 0.5) is 0 Å². The summed E-state index contributed by atoms with van der Waals surface area (Å²) in [5.74, 6) is 1.70. The van der Waals surface area contributed by atoms with Crippen molar-refractivity contribution in [2.24, 2.45) is 16.3 Å². The summed E-state index contributed by atoms with van der Waals surface area (Å²) < 4.78 is 5.82. The van der Waals surface area contributed by atoms with Crippen LogP contribution in [0, 0.1) is 11.3 Å². The highest BCUT2D eigenvalue weighted by molar-refractivity contribution is 5.79. The Morgan fingerprint density at radius 2 is 2.13 bits per heavy atom. The average molecular weight is 325 g/mol. The van der Waals surface area contributed by atoms with Crippen molar-refractivity contribution in [3.8, 4) is 0 Å². The minimum absolute atomic E-state index is 0.255. The van der Waals surface area contributed by atoms with Gasteiger partial charge in [0.05, 0.1) is 12.7 Å². The molecule has 2 N–H and O–H groups in total. The Balaban J connectivity index is 1.84. The van der Waals surface area contributed by atoms with Crippen LogP contribution in [0.5, 0.6) is 0 Å². The molecule has 1 saturated heterocycles. The fraction of sp³-hybridized carbons (Fsp3) is 0.944. The molecule has 134 valence electrons. The summed E-state index contributed by atoms with van der Waals surface area (Å²) in [5, 5.41) is 6.85. The molecule has 0 spiro atoms. The van der Waals surface area contributed by atoms with Crippen LogP contribution in [-0.4, -0.2) is 63.3 Å². The predicted molar refractivity (Wildman–Crippen MR) is 97.0 cm³/mol. The normalized spacial score (nSPS) is 25.3. The van der Waals surface area contributed by atoms with Gasteiger partial charge in [-0.05, 0) is 44.6 Å². The number of nitrogens with one attached hydrogen (secondary N) is 2.